The highest BCUT2D eigenvalue weighted by atomic mass is 79.9. The molecule has 1 unspecified atom stereocenters. The number of aliphatic hydroxyl groups excluding tert-OH is 1. The predicted octanol–water partition coefficient (Wildman–Crippen LogP) is -1.16. The molecule has 3 nitrogen and oxygen atoms in total. The lowest BCUT2D eigenvalue weighted by Gasteiger charge is -2.00. The largest absolute Gasteiger partial charge is 0.550 e. The zero-order chi connectivity index (χ0) is 5.86. The lowest BCUT2D eigenvalue weighted by atomic mass is 10.5. The maximum atomic E-state index is 9.51. The molecule has 0 aliphatic rings. The van der Waals surface area contributed by atoms with E-state index in [0.29, 0.717) is 0 Å². The summed E-state index contributed by atoms with van der Waals surface area (Å²) in [6.45, 7) is 0. The van der Waals surface area contributed by atoms with Crippen LogP contribution in [0.15, 0.2) is 0 Å². The Morgan fingerprint density at radius 3 is 2.43 bits per heavy atom. The SMILES string of the molecule is O=C([O-])CC(O)Br. The second-order valence-corrected chi connectivity index (χ2v) is 2.07. The van der Waals surface area contributed by atoms with E-state index in [9.17, 15) is 9.90 Å². The molecule has 4 heteroatoms. The van der Waals surface area contributed by atoms with Crippen LogP contribution in [-0.4, -0.2) is 16.1 Å². The molecule has 0 heterocycles. The molecular weight excluding hydrogens is 164 g/mol. The van der Waals surface area contributed by atoms with Gasteiger partial charge in [0.05, 0.1) is 0 Å². The van der Waals surface area contributed by atoms with E-state index < -0.39 is 11.0 Å². The summed E-state index contributed by atoms with van der Waals surface area (Å²) >= 11 is 2.61. The van der Waals surface area contributed by atoms with Gasteiger partial charge in [-0.1, -0.05) is 15.9 Å². The highest BCUT2D eigenvalue weighted by molar-refractivity contribution is 9.09. The third kappa shape index (κ3) is 5.91. The smallest absolute Gasteiger partial charge is 0.114 e. The number of carbonyl (C=O) groups excluding carboxylic acids is 1. The van der Waals surface area contributed by atoms with Crippen LogP contribution in [0.1, 0.15) is 6.42 Å². The fourth-order valence-electron chi connectivity index (χ4n) is 0.138. The topological polar surface area (TPSA) is 60.4 Å². The first-order chi connectivity index (χ1) is 3.13. The summed E-state index contributed by atoms with van der Waals surface area (Å²) in [6.07, 6.45) is -0.361. The lowest BCUT2D eigenvalue weighted by molar-refractivity contribution is -0.306. The van der Waals surface area contributed by atoms with Gasteiger partial charge in [-0.15, -0.1) is 0 Å². The Bertz CT molecular complexity index is 70.6. The van der Waals surface area contributed by atoms with Crippen molar-refractivity contribution in [2.45, 2.75) is 11.4 Å². The van der Waals surface area contributed by atoms with Crippen molar-refractivity contribution < 1.29 is 15.0 Å². The Hall–Kier alpha value is -0.0900. The van der Waals surface area contributed by atoms with E-state index in [-0.39, 0.29) is 6.42 Å². The van der Waals surface area contributed by atoms with Gasteiger partial charge < -0.3 is 15.0 Å². The van der Waals surface area contributed by atoms with Crippen LogP contribution in [-0.2, 0) is 4.79 Å². The maximum absolute atomic E-state index is 9.51. The lowest BCUT2D eigenvalue weighted by Crippen LogP contribution is -2.24. The molecule has 7 heavy (non-hydrogen) atoms. The van der Waals surface area contributed by atoms with Crippen molar-refractivity contribution in [2.24, 2.45) is 0 Å². The Morgan fingerprint density at radius 1 is 2.00 bits per heavy atom. The van der Waals surface area contributed by atoms with Gasteiger partial charge in [0.2, 0.25) is 0 Å². The molecule has 0 fully saturated rings. The zero-order valence-corrected chi connectivity index (χ0v) is 5.01. The second-order valence-electron chi connectivity index (χ2n) is 1.01. The maximum Gasteiger partial charge on any atom is 0.114 e. The van der Waals surface area contributed by atoms with Gasteiger partial charge in [-0.25, -0.2) is 0 Å². The van der Waals surface area contributed by atoms with Gasteiger partial charge in [0.15, 0.2) is 0 Å². The third-order valence-corrected chi connectivity index (χ3v) is 0.659. The summed E-state index contributed by atoms with van der Waals surface area (Å²) in [5.74, 6) is -1.26. The van der Waals surface area contributed by atoms with E-state index in [2.05, 4.69) is 15.9 Å². The van der Waals surface area contributed by atoms with Crippen LogP contribution in [0.5, 0.6) is 0 Å². The molecule has 0 saturated carbocycles. The van der Waals surface area contributed by atoms with Crippen LogP contribution in [0.2, 0.25) is 0 Å². The first-order valence-corrected chi connectivity index (χ1v) is 2.56. The summed E-state index contributed by atoms with van der Waals surface area (Å²) in [5.41, 5.74) is 0. The van der Waals surface area contributed by atoms with Gasteiger partial charge in [0.1, 0.15) is 5.01 Å². The summed E-state index contributed by atoms with van der Waals surface area (Å²) in [6, 6.07) is 0. The number of rotatable bonds is 2. The van der Waals surface area contributed by atoms with Gasteiger partial charge >= 0.3 is 0 Å². The van der Waals surface area contributed by atoms with Crippen molar-refractivity contribution in [1.29, 1.82) is 0 Å². The number of hydrogen-bond donors (Lipinski definition) is 1. The van der Waals surface area contributed by atoms with Gasteiger partial charge in [0.25, 0.3) is 0 Å². The Labute approximate surface area is 49.1 Å². The van der Waals surface area contributed by atoms with Crippen molar-refractivity contribution in [3.8, 4) is 0 Å². The van der Waals surface area contributed by atoms with Crippen LogP contribution in [0.4, 0.5) is 0 Å². The molecule has 0 aromatic rings. The van der Waals surface area contributed by atoms with E-state index in [4.69, 9.17) is 5.11 Å². The summed E-state index contributed by atoms with van der Waals surface area (Å²) in [7, 11) is 0. The van der Waals surface area contributed by atoms with Crippen LogP contribution < -0.4 is 5.11 Å². The van der Waals surface area contributed by atoms with Crippen molar-refractivity contribution in [2.75, 3.05) is 0 Å². The zero-order valence-electron chi connectivity index (χ0n) is 3.43. The third-order valence-electron chi connectivity index (χ3n) is 0.335. The quantitative estimate of drug-likeness (QED) is 0.529. The van der Waals surface area contributed by atoms with Gasteiger partial charge in [-0.2, -0.15) is 0 Å². The fourth-order valence-corrected chi connectivity index (χ4v) is 0.402. The number of carboxylic acid groups (broad SMARTS) is 1. The number of alkyl halides is 1. The van der Waals surface area contributed by atoms with E-state index in [1.54, 1.807) is 0 Å². The molecule has 42 valence electrons. The van der Waals surface area contributed by atoms with Crippen LogP contribution in [0.25, 0.3) is 0 Å². The average molecular weight is 168 g/mol. The van der Waals surface area contributed by atoms with Crippen molar-refractivity contribution in [1.82, 2.24) is 0 Å². The van der Waals surface area contributed by atoms with E-state index in [1.807, 2.05) is 0 Å². The highest BCUT2D eigenvalue weighted by Crippen LogP contribution is 1.96. The molecule has 0 bridgehead atoms. The minimum atomic E-state index is -1.26. The Kier molecular flexibility index (Phi) is 2.95. The molecule has 0 spiro atoms. The molecule has 0 radical (unpaired) electrons. The van der Waals surface area contributed by atoms with Crippen molar-refractivity contribution in [3.05, 3.63) is 0 Å². The molecular formula is C3H4BrO3-. The monoisotopic (exact) mass is 167 g/mol. The molecule has 0 aliphatic carbocycles. The number of carboxylic acids is 1. The summed E-state index contributed by atoms with van der Waals surface area (Å²) in [5, 5.41) is 16.8. The molecule has 0 rings (SSSR count). The van der Waals surface area contributed by atoms with Crippen LogP contribution >= 0.6 is 15.9 Å². The highest BCUT2D eigenvalue weighted by Gasteiger charge is 1.94. The normalized spacial score (nSPS) is 13.4. The predicted molar refractivity (Wildman–Crippen MR) is 24.6 cm³/mol. The van der Waals surface area contributed by atoms with Crippen molar-refractivity contribution >= 4 is 21.9 Å². The molecule has 0 aromatic heterocycles. The standard InChI is InChI=1S/C3H5BrO3/c4-2(5)1-3(6)7/h2,5H,1H2,(H,6,7)/p-1. The average Bonchev–Trinajstić information content (AvgIpc) is 1.27. The molecule has 0 saturated heterocycles. The van der Waals surface area contributed by atoms with E-state index >= 15 is 0 Å². The number of halogens is 1. The van der Waals surface area contributed by atoms with Gasteiger partial charge in [-0.05, 0) is 0 Å². The minimum Gasteiger partial charge on any atom is -0.550 e. The van der Waals surface area contributed by atoms with Crippen LogP contribution in [0.3, 0.4) is 0 Å². The Morgan fingerprint density at radius 2 is 2.43 bits per heavy atom. The molecule has 0 aromatic carbocycles. The molecule has 1 atom stereocenters. The van der Waals surface area contributed by atoms with Crippen molar-refractivity contribution in [3.63, 3.8) is 0 Å². The first-order valence-electron chi connectivity index (χ1n) is 1.65. The summed E-state index contributed by atoms with van der Waals surface area (Å²) in [4.78, 5) is 9.51. The molecule has 0 amide bonds. The van der Waals surface area contributed by atoms with Crippen LogP contribution in [0, 0.1) is 0 Å². The van der Waals surface area contributed by atoms with Gasteiger partial charge in [-0.3, -0.25) is 0 Å². The first kappa shape index (κ1) is 6.91. The van der Waals surface area contributed by atoms with Gasteiger partial charge in [0, 0.05) is 12.4 Å². The number of hydrogen-bond acceptors (Lipinski definition) is 3. The molecule has 1 N–H and O–H groups in total. The van der Waals surface area contributed by atoms with E-state index in [0.717, 1.165) is 0 Å². The van der Waals surface area contributed by atoms with E-state index in [1.165, 1.54) is 0 Å². The molecule has 0 aliphatic heterocycles. The number of aliphatic carboxylic acids is 1. The second kappa shape index (κ2) is 2.98. The fraction of sp³-hybridized carbons (Fsp3) is 0.667. The number of aliphatic hydroxyl groups is 1. The Balaban J connectivity index is 3.13. The minimum absolute atomic E-state index is 0.361. The number of carbonyl (C=O) groups is 1. The summed E-state index contributed by atoms with van der Waals surface area (Å²) < 4.78 is 0.